The van der Waals surface area contributed by atoms with Crippen molar-refractivity contribution >= 4 is 33.6 Å². The van der Waals surface area contributed by atoms with Gasteiger partial charge in [-0.25, -0.2) is 0 Å². The minimum atomic E-state index is -0.0644. The first-order chi connectivity index (χ1) is 5.47. The van der Waals surface area contributed by atoms with Crippen LogP contribution < -0.4 is 4.40 Å². The molecular formula is C8H6NS2+. The van der Waals surface area contributed by atoms with Crippen LogP contribution in [0, 0.1) is 5.38 Å². The predicted molar refractivity (Wildman–Crippen MR) is 52.4 cm³/mol. The van der Waals surface area contributed by atoms with Gasteiger partial charge in [0.2, 0.25) is 0 Å². The summed E-state index contributed by atoms with van der Waals surface area (Å²) in [5.41, 5.74) is 0. The Balaban J connectivity index is 2.38. The second-order valence-corrected chi connectivity index (χ2v) is 4.24. The summed E-state index contributed by atoms with van der Waals surface area (Å²) in [5.74, 6) is 0. The molecule has 1 aromatic heterocycles. The molecule has 1 unspecified atom stereocenters. The number of allylic oxidation sites excluding steroid dienone is 2. The maximum Gasteiger partial charge on any atom is 0.253 e. The molecule has 0 fully saturated rings. The third-order valence-electron chi connectivity index (χ3n) is 1.25. The van der Waals surface area contributed by atoms with Crippen molar-refractivity contribution in [1.29, 1.82) is 0 Å². The summed E-state index contributed by atoms with van der Waals surface area (Å²) < 4.78 is 4.31. The van der Waals surface area contributed by atoms with Gasteiger partial charge in [0, 0.05) is 11.4 Å². The van der Waals surface area contributed by atoms with Gasteiger partial charge in [0.05, 0.1) is 14.7 Å². The van der Waals surface area contributed by atoms with Crippen LogP contribution in [0.2, 0.25) is 0 Å². The van der Waals surface area contributed by atoms with E-state index in [-0.39, 0.29) is 10.7 Å². The van der Waals surface area contributed by atoms with Gasteiger partial charge in [0.15, 0.2) is 10.7 Å². The molecule has 0 bridgehead atoms. The molecule has 2 rings (SSSR count). The van der Waals surface area contributed by atoms with Gasteiger partial charge in [-0.05, 0) is 17.5 Å². The van der Waals surface area contributed by atoms with Gasteiger partial charge in [-0.1, -0.05) is 0 Å². The van der Waals surface area contributed by atoms with Crippen molar-refractivity contribution in [2.45, 2.75) is 4.90 Å². The summed E-state index contributed by atoms with van der Waals surface area (Å²) in [7, 11) is -0.0644. The lowest BCUT2D eigenvalue weighted by Gasteiger charge is -1.85. The van der Waals surface area contributed by atoms with E-state index in [1.54, 1.807) is 11.3 Å². The molecule has 1 aliphatic rings. The fraction of sp³-hybridized carbons (Fsp3) is 0. The largest absolute Gasteiger partial charge is 0.253 e. The van der Waals surface area contributed by atoms with Crippen LogP contribution in [0.15, 0.2) is 28.5 Å². The highest BCUT2D eigenvalue weighted by atomic mass is 32.2. The molecule has 1 nitrogen and oxygen atoms in total. The van der Waals surface area contributed by atoms with Crippen LogP contribution in [-0.2, 0) is 0 Å². The molecule has 0 saturated heterocycles. The van der Waals surface area contributed by atoms with E-state index in [9.17, 15) is 0 Å². The molecule has 1 aromatic rings. The molecule has 0 saturated carbocycles. The van der Waals surface area contributed by atoms with Crippen molar-refractivity contribution in [2.24, 2.45) is 0 Å². The van der Waals surface area contributed by atoms with E-state index in [1.165, 1.54) is 4.90 Å². The Morgan fingerprint density at radius 3 is 3.09 bits per heavy atom. The summed E-state index contributed by atoms with van der Waals surface area (Å²) >= 11 is 1.60. The third kappa shape index (κ3) is 1.49. The van der Waals surface area contributed by atoms with E-state index < -0.39 is 0 Å². The van der Waals surface area contributed by atoms with Crippen LogP contribution in [0.1, 0.15) is 0 Å². The normalized spacial score (nSPS) is 21.6. The van der Waals surface area contributed by atoms with E-state index in [4.69, 9.17) is 0 Å². The molecule has 11 heavy (non-hydrogen) atoms. The number of thiophene rings is 1. The minimum Gasteiger partial charge on any atom is -0.141 e. The van der Waals surface area contributed by atoms with Crippen molar-refractivity contribution < 1.29 is 0 Å². The Labute approximate surface area is 72.2 Å². The smallest absolute Gasteiger partial charge is 0.141 e. The zero-order valence-corrected chi connectivity index (χ0v) is 7.36. The summed E-state index contributed by atoms with van der Waals surface area (Å²) in [4.78, 5) is 1.19. The summed E-state index contributed by atoms with van der Waals surface area (Å²) in [5, 5.41) is 7.31. The Morgan fingerprint density at radius 1 is 1.45 bits per heavy atom. The Bertz CT molecular complexity index is 320. The van der Waals surface area contributed by atoms with Gasteiger partial charge in [-0.2, -0.15) is 0 Å². The zero-order chi connectivity index (χ0) is 7.52. The van der Waals surface area contributed by atoms with E-state index in [0.29, 0.717) is 0 Å². The Hall–Kier alpha value is -0.670. The molecule has 0 amide bonds. The van der Waals surface area contributed by atoms with E-state index >= 15 is 0 Å². The standard InChI is InChI=1S/C8H6NS2/c1-2-6-11(9-4-1)8-3-5-10-7-8/h1-6H/q+1. The summed E-state index contributed by atoms with van der Waals surface area (Å²) in [6.45, 7) is 0. The number of nitrogens with zero attached hydrogens (tertiary/aromatic N) is 1. The molecule has 1 aliphatic heterocycles. The lowest BCUT2D eigenvalue weighted by atomic mass is 10.6. The third-order valence-corrected chi connectivity index (χ3v) is 3.44. The molecule has 54 valence electrons. The van der Waals surface area contributed by atoms with Crippen molar-refractivity contribution in [3.05, 3.63) is 29.0 Å². The molecule has 0 aromatic carbocycles. The first kappa shape index (κ1) is 7.00. The average molecular weight is 180 g/mol. The maximum atomic E-state index is 4.31. The van der Waals surface area contributed by atoms with Gasteiger partial charge < -0.3 is 0 Å². The van der Waals surface area contributed by atoms with Crippen molar-refractivity contribution in [3.63, 3.8) is 0 Å². The fourth-order valence-electron chi connectivity index (χ4n) is 0.770. The average Bonchev–Trinajstić information content (AvgIpc) is 2.58. The van der Waals surface area contributed by atoms with Crippen molar-refractivity contribution in [2.75, 3.05) is 0 Å². The monoisotopic (exact) mass is 180 g/mol. The topological polar surface area (TPSA) is 14.1 Å². The summed E-state index contributed by atoms with van der Waals surface area (Å²) in [6.07, 6.45) is 5.81. The van der Waals surface area contributed by atoms with Crippen molar-refractivity contribution in [3.8, 4) is 0 Å². The highest BCUT2D eigenvalue weighted by molar-refractivity contribution is 8.13. The molecule has 3 heteroatoms. The van der Waals surface area contributed by atoms with Crippen LogP contribution in [0.5, 0.6) is 0 Å². The molecule has 2 radical (unpaired) electrons. The second-order valence-electron chi connectivity index (χ2n) is 1.98. The van der Waals surface area contributed by atoms with Gasteiger partial charge in [0.25, 0.3) is 6.21 Å². The SMILES string of the molecule is [c]1sccc1S1=CC=CC=[N+]1. The molecule has 0 aliphatic carbocycles. The van der Waals surface area contributed by atoms with Crippen LogP contribution >= 0.6 is 22.0 Å². The van der Waals surface area contributed by atoms with Crippen LogP contribution in [0.25, 0.3) is 0 Å². The molecule has 1 atom stereocenters. The quantitative estimate of drug-likeness (QED) is 0.586. The Kier molecular flexibility index (Phi) is 2.01. The Morgan fingerprint density at radius 2 is 2.45 bits per heavy atom. The molecule has 2 heterocycles. The molecular weight excluding hydrogens is 174 g/mol. The first-order valence-corrected chi connectivity index (χ1v) is 5.32. The minimum absolute atomic E-state index is 0.0644. The highest BCUT2D eigenvalue weighted by Crippen LogP contribution is 2.23. The first-order valence-electron chi connectivity index (χ1n) is 3.19. The van der Waals surface area contributed by atoms with Gasteiger partial charge >= 0.3 is 0 Å². The van der Waals surface area contributed by atoms with Gasteiger partial charge in [-0.15, -0.1) is 11.3 Å². The summed E-state index contributed by atoms with van der Waals surface area (Å²) in [6, 6.07) is 2.07. The number of rotatable bonds is 1. The van der Waals surface area contributed by atoms with Crippen molar-refractivity contribution in [1.82, 2.24) is 4.40 Å². The fourth-order valence-corrected chi connectivity index (χ4v) is 2.78. The van der Waals surface area contributed by atoms with Crippen LogP contribution in [-0.4, -0.2) is 11.6 Å². The van der Waals surface area contributed by atoms with E-state index in [0.717, 1.165) is 0 Å². The van der Waals surface area contributed by atoms with E-state index in [2.05, 4.69) is 21.2 Å². The van der Waals surface area contributed by atoms with Crippen LogP contribution in [0.3, 0.4) is 0 Å². The number of hydrogen-bond acceptors (Lipinski definition) is 2. The molecule has 0 spiro atoms. The zero-order valence-electron chi connectivity index (χ0n) is 5.73. The predicted octanol–water partition coefficient (Wildman–Crippen LogP) is 1.87. The van der Waals surface area contributed by atoms with Crippen LogP contribution in [0.4, 0.5) is 0 Å². The lowest BCUT2D eigenvalue weighted by molar-refractivity contribution is 1.53. The van der Waals surface area contributed by atoms with Gasteiger partial charge in [-0.3, -0.25) is 0 Å². The van der Waals surface area contributed by atoms with E-state index in [1.807, 2.05) is 23.7 Å². The highest BCUT2D eigenvalue weighted by Gasteiger charge is 2.09. The number of hydrogen-bond donors (Lipinski definition) is 0. The van der Waals surface area contributed by atoms with Gasteiger partial charge in [0.1, 0.15) is 0 Å². The lowest BCUT2D eigenvalue weighted by Crippen LogP contribution is -1.89. The molecule has 0 N–H and O–H groups in total. The maximum absolute atomic E-state index is 4.31. The second kappa shape index (κ2) is 3.15.